The van der Waals surface area contributed by atoms with Gasteiger partial charge in [-0.3, -0.25) is 0 Å². The van der Waals surface area contributed by atoms with Crippen molar-refractivity contribution < 1.29 is 13.5 Å². The third-order valence-electron chi connectivity index (χ3n) is 4.01. The Morgan fingerprint density at radius 3 is 2.57 bits per heavy atom. The summed E-state index contributed by atoms with van der Waals surface area (Å²) in [5.74, 6) is 0.833. The Labute approximate surface area is 131 Å². The summed E-state index contributed by atoms with van der Waals surface area (Å²) < 4.78 is 29.9. The molecule has 118 valence electrons. The zero-order valence-corrected chi connectivity index (χ0v) is 13.7. The zero-order valence-electron chi connectivity index (χ0n) is 12.2. The number of nitrogens with zero attached hydrogens (tertiary/aromatic N) is 2. The first-order chi connectivity index (χ1) is 9.88. The minimum absolute atomic E-state index is 0.273. The fourth-order valence-corrected chi connectivity index (χ4v) is 3.33. The Hall–Kier alpha value is -0.950. The maximum atomic E-state index is 12.2. The lowest BCUT2D eigenvalue weighted by molar-refractivity contribution is -0.169. The number of pyridine rings is 1. The van der Waals surface area contributed by atoms with E-state index < -0.39 is 6.61 Å². The van der Waals surface area contributed by atoms with Crippen LogP contribution in [0.3, 0.4) is 0 Å². The molecule has 4 nitrogen and oxygen atoms in total. The van der Waals surface area contributed by atoms with Crippen LogP contribution in [0.5, 0.6) is 0 Å². The van der Waals surface area contributed by atoms with Crippen LogP contribution < -0.4 is 10.6 Å². The third-order valence-corrected chi connectivity index (χ3v) is 4.59. The summed E-state index contributed by atoms with van der Waals surface area (Å²) in [6.45, 7) is -0.813. The quantitative estimate of drug-likeness (QED) is 0.885. The summed E-state index contributed by atoms with van der Waals surface area (Å²) in [5, 5.41) is 0. The molecule has 0 spiro atoms. The van der Waals surface area contributed by atoms with Gasteiger partial charge in [-0.25, -0.2) is 4.98 Å². The summed E-state index contributed by atoms with van der Waals surface area (Å²) in [5.41, 5.74) is 7.27. The Morgan fingerprint density at radius 1 is 1.38 bits per heavy atom. The number of anilines is 2. The van der Waals surface area contributed by atoms with Crippen LogP contribution in [-0.2, 0) is 4.74 Å². The molecule has 2 rings (SSSR count). The molecule has 1 heterocycles. The van der Waals surface area contributed by atoms with Crippen molar-refractivity contribution in [2.24, 2.45) is 0 Å². The van der Waals surface area contributed by atoms with E-state index in [4.69, 9.17) is 5.73 Å². The van der Waals surface area contributed by atoms with Crippen molar-refractivity contribution in [3.63, 3.8) is 0 Å². The van der Waals surface area contributed by atoms with Crippen LogP contribution >= 0.6 is 15.9 Å². The number of ether oxygens (including phenoxy) is 1. The number of rotatable bonds is 4. The van der Waals surface area contributed by atoms with Crippen LogP contribution in [-0.4, -0.2) is 30.8 Å². The largest absolute Gasteiger partial charge is 0.397 e. The molecule has 0 aliphatic heterocycles. The maximum absolute atomic E-state index is 12.2. The van der Waals surface area contributed by atoms with Crippen molar-refractivity contribution in [3.8, 4) is 0 Å². The molecule has 0 amide bonds. The second-order valence-electron chi connectivity index (χ2n) is 5.41. The summed E-state index contributed by atoms with van der Waals surface area (Å²) in [7, 11) is 1.97. The molecule has 1 aliphatic rings. The van der Waals surface area contributed by atoms with Crippen molar-refractivity contribution in [1.29, 1.82) is 0 Å². The molecule has 1 saturated carbocycles. The highest BCUT2D eigenvalue weighted by Gasteiger charge is 2.27. The normalized spacial score (nSPS) is 22.6. The van der Waals surface area contributed by atoms with Crippen LogP contribution in [0.15, 0.2) is 10.5 Å². The van der Waals surface area contributed by atoms with Gasteiger partial charge in [-0.05, 0) is 54.6 Å². The first kappa shape index (κ1) is 16.4. The van der Waals surface area contributed by atoms with Crippen molar-refractivity contribution in [2.75, 3.05) is 17.7 Å². The van der Waals surface area contributed by atoms with Gasteiger partial charge in [-0.1, -0.05) is 0 Å². The minimum Gasteiger partial charge on any atom is -0.397 e. The van der Waals surface area contributed by atoms with Crippen molar-refractivity contribution in [2.45, 2.75) is 51.4 Å². The van der Waals surface area contributed by atoms with E-state index in [1.807, 2.05) is 20.0 Å². The van der Waals surface area contributed by atoms with E-state index in [1.54, 1.807) is 0 Å². The Kier molecular flexibility index (Phi) is 5.37. The number of alkyl halides is 2. The Bertz CT molecular complexity index is 493. The first-order valence-corrected chi connectivity index (χ1v) is 7.77. The topological polar surface area (TPSA) is 51.4 Å². The zero-order chi connectivity index (χ0) is 15.6. The fraction of sp³-hybridized carbons (Fsp3) is 0.643. The van der Waals surface area contributed by atoms with Gasteiger partial charge in [0.25, 0.3) is 0 Å². The average molecular weight is 364 g/mol. The molecule has 0 saturated heterocycles. The average Bonchev–Trinajstić information content (AvgIpc) is 2.42. The van der Waals surface area contributed by atoms with Gasteiger partial charge in [0.05, 0.1) is 22.0 Å². The molecule has 0 radical (unpaired) electrons. The molecule has 7 heteroatoms. The monoisotopic (exact) mass is 363 g/mol. The molecule has 1 aromatic heterocycles. The van der Waals surface area contributed by atoms with Crippen LogP contribution in [0.1, 0.15) is 31.4 Å². The van der Waals surface area contributed by atoms with Gasteiger partial charge in [0.15, 0.2) is 0 Å². The van der Waals surface area contributed by atoms with Crippen molar-refractivity contribution in [3.05, 3.63) is 16.2 Å². The van der Waals surface area contributed by atoms with Crippen molar-refractivity contribution >= 4 is 27.4 Å². The second-order valence-corrected chi connectivity index (χ2v) is 6.26. The number of aromatic nitrogens is 1. The highest BCUT2D eigenvalue weighted by Crippen LogP contribution is 2.32. The van der Waals surface area contributed by atoms with Gasteiger partial charge in [-0.2, -0.15) is 8.78 Å². The maximum Gasteiger partial charge on any atom is 0.345 e. The van der Waals surface area contributed by atoms with E-state index in [-0.39, 0.29) is 12.1 Å². The predicted molar refractivity (Wildman–Crippen MR) is 82.6 cm³/mol. The molecule has 21 heavy (non-hydrogen) atoms. The van der Waals surface area contributed by atoms with Gasteiger partial charge in [0.2, 0.25) is 0 Å². The molecule has 0 bridgehead atoms. The van der Waals surface area contributed by atoms with Crippen molar-refractivity contribution in [1.82, 2.24) is 4.98 Å². The van der Waals surface area contributed by atoms with E-state index in [2.05, 4.69) is 30.6 Å². The third kappa shape index (κ3) is 4.03. The molecule has 0 atom stereocenters. The molecular weight excluding hydrogens is 344 g/mol. The summed E-state index contributed by atoms with van der Waals surface area (Å²) in [6.07, 6.45) is 2.58. The Morgan fingerprint density at radius 2 is 2.00 bits per heavy atom. The standard InChI is InChI=1S/C14H20BrF2N3O/c1-8-12(18)7-11(15)13(19-8)20(2)9-3-5-10(6-4-9)21-14(16)17/h7,9-10,14H,3-6,18H2,1-2H3/t9-,10+. The first-order valence-electron chi connectivity index (χ1n) is 6.97. The van der Waals surface area contributed by atoms with Crippen LogP contribution in [0, 0.1) is 6.92 Å². The number of hydrogen-bond donors (Lipinski definition) is 1. The predicted octanol–water partition coefficient (Wildman–Crippen LogP) is 3.72. The Balaban J connectivity index is 2.02. The number of nitrogen functional groups attached to an aromatic ring is 1. The van der Waals surface area contributed by atoms with Gasteiger partial charge < -0.3 is 15.4 Å². The second kappa shape index (κ2) is 6.87. The molecular formula is C14H20BrF2N3O. The van der Waals surface area contributed by atoms with Crippen LogP contribution in [0.25, 0.3) is 0 Å². The molecule has 1 fully saturated rings. The SMILES string of the molecule is Cc1nc(N(C)[C@H]2CC[C@@H](OC(F)F)CC2)c(Br)cc1N. The van der Waals surface area contributed by atoms with Gasteiger partial charge in [-0.15, -0.1) is 0 Å². The van der Waals surface area contributed by atoms with E-state index >= 15 is 0 Å². The van der Waals surface area contributed by atoms with Gasteiger partial charge in [0.1, 0.15) is 5.82 Å². The highest BCUT2D eigenvalue weighted by molar-refractivity contribution is 9.10. The number of aryl methyl sites for hydroxylation is 1. The highest BCUT2D eigenvalue weighted by atomic mass is 79.9. The molecule has 2 N–H and O–H groups in total. The van der Waals surface area contributed by atoms with E-state index in [9.17, 15) is 8.78 Å². The number of hydrogen-bond acceptors (Lipinski definition) is 4. The summed E-state index contributed by atoms with van der Waals surface area (Å²) in [4.78, 5) is 6.61. The lowest BCUT2D eigenvalue weighted by atomic mass is 9.92. The van der Waals surface area contributed by atoms with Crippen LogP contribution in [0.4, 0.5) is 20.3 Å². The van der Waals surface area contributed by atoms with E-state index in [0.717, 1.165) is 28.8 Å². The lowest BCUT2D eigenvalue weighted by Gasteiger charge is -2.35. The van der Waals surface area contributed by atoms with E-state index in [0.29, 0.717) is 18.5 Å². The smallest absolute Gasteiger partial charge is 0.345 e. The van der Waals surface area contributed by atoms with Gasteiger partial charge in [0, 0.05) is 13.1 Å². The van der Waals surface area contributed by atoms with Gasteiger partial charge >= 0.3 is 6.61 Å². The number of halogens is 3. The minimum atomic E-state index is -2.68. The molecule has 1 aliphatic carbocycles. The lowest BCUT2D eigenvalue weighted by Crippen LogP contribution is -2.38. The molecule has 1 aromatic rings. The summed E-state index contributed by atoms with van der Waals surface area (Å²) >= 11 is 3.49. The van der Waals surface area contributed by atoms with Crippen LogP contribution in [0.2, 0.25) is 0 Å². The number of nitrogens with two attached hydrogens (primary N) is 1. The summed E-state index contributed by atoms with van der Waals surface area (Å²) in [6, 6.07) is 2.12. The fourth-order valence-electron chi connectivity index (χ4n) is 2.72. The van der Waals surface area contributed by atoms with E-state index in [1.165, 1.54) is 0 Å². The molecule has 0 unspecified atom stereocenters. The molecule has 0 aromatic carbocycles.